The Kier molecular flexibility index (Phi) is 7.58. The van der Waals surface area contributed by atoms with Gasteiger partial charge in [0, 0.05) is 23.5 Å². The van der Waals surface area contributed by atoms with Crippen molar-refractivity contribution in [2.75, 3.05) is 18.6 Å². The van der Waals surface area contributed by atoms with E-state index in [-0.39, 0.29) is 36.9 Å². The van der Waals surface area contributed by atoms with Gasteiger partial charge >= 0.3 is 0 Å². The van der Waals surface area contributed by atoms with Crippen LogP contribution in [0.1, 0.15) is 49.5 Å². The SMILES string of the molecule is CC[C@@H](C)NC(=O)[C@@H](CC)N(Cc1cccc(OC)c1)C(=O)CN1C(=O)c2cccc3cccc1c23. The van der Waals surface area contributed by atoms with Crippen LogP contribution in [0, 0.1) is 0 Å². The van der Waals surface area contributed by atoms with Gasteiger partial charge in [-0.2, -0.15) is 0 Å². The molecule has 1 aliphatic rings. The molecule has 0 aliphatic carbocycles. The lowest BCUT2D eigenvalue weighted by Gasteiger charge is -2.33. The number of methoxy groups -OCH3 is 1. The number of benzene rings is 3. The maximum atomic E-state index is 13.9. The third-order valence-electron chi connectivity index (χ3n) is 6.82. The van der Waals surface area contributed by atoms with E-state index in [1.807, 2.05) is 75.4 Å². The zero-order valence-electron chi connectivity index (χ0n) is 21.3. The molecule has 1 heterocycles. The van der Waals surface area contributed by atoms with Crippen LogP contribution in [-0.2, 0) is 16.1 Å². The van der Waals surface area contributed by atoms with Crippen LogP contribution in [0.5, 0.6) is 5.75 Å². The molecule has 3 aromatic rings. The van der Waals surface area contributed by atoms with Gasteiger partial charge in [-0.05, 0) is 55.0 Å². The van der Waals surface area contributed by atoms with Crippen molar-refractivity contribution >= 4 is 34.2 Å². The first-order valence-electron chi connectivity index (χ1n) is 12.4. The van der Waals surface area contributed by atoms with E-state index in [1.165, 1.54) is 4.90 Å². The van der Waals surface area contributed by atoms with Gasteiger partial charge in [-0.25, -0.2) is 0 Å². The standard InChI is InChI=1S/C29H33N3O4/c1-5-19(3)30-28(34)24(6-2)31(17-20-10-7-13-22(16-20)36-4)26(33)18-32-25-15-9-12-21-11-8-14-23(27(21)25)29(32)35/h7-16,19,24H,5-6,17-18H2,1-4H3,(H,30,34)/t19-,24-/m1/s1. The Balaban J connectivity index is 1.65. The predicted molar refractivity (Wildman–Crippen MR) is 141 cm³/mol. The minimum Gasteiger partial charge on any atom is -0.497 e. The summed E-state index contributed by atoms with van der Waals surface area (Å²) in [5.41, 5.74) is 2.16. The second-order valence-electron chi connectivity index (χ2n) is 9.19. The third-order valence-corrected chi connectivity index (χ3v) is 6.82. The van der Waals surface area contributed by atoms with Crippen molar-refractivity contribution in [3.8, 4) is 5.75 Å². The summed E-state index contributed by atoms with van der Waals surface area (Å²) in [6.07, 6.45) is 1.23. The van der Waals surface area contributed by atoms with Crippen molar-refractivity contribution in [2.24, 2.45) is 0 Å². The summed E-state index contributed by atoms with van der Waals surface area (Å²) in [5.74, 6) is -0.00852. The molecule has 0 spiro atoms. The number of carbonyl (C=O) groups is 3. The highest BCUT2D eigenvalue weighted by atomic mass is 16.5. The highest BCUT2D eigenvalue weighted by Crippen LogP contribution is 2.37. The van der Waals surface area contributed by atoms with Crippen molar-refractivity contribution in [2.45, 2.75) is 52.2 Å². The van der Waals surface area contributed by atoms with E-state index in [1.54, 1.807) is 18.1 Å². The lowest BCUT2D eigenvalue weighted by Crippen LogP contribution is -2.53. The Labute approximate surface area is 212 Å². The number of hydrogen-bond acceptors (Lipinski definition) is 4. The van der Waals surface area contributed by atoms with Crippen molar-refractivity contribution in [3.05, 3.63) is 71.8 Å². The minimum atomic E-state index is -0.673. The minimum absolute atomic E-state index is 0.00687. The predicted octanol–water partition coefficient (Wildman–Crippen LogP) is 4.53. The molecule has 0 aromatic heterocycles. The van der Waals surface area contributed by atoms with Crippen LogP contribution < -0.4 is 15.0 Å². The van der Waals surface area contributed by atoms with E-state index < -0.39 is 6.04 Å². The number of amides is 3. The number of carbonyl (C=O) groups excluding carboxylic acids is 3. The van der Waals surface area contributed by atoms with Crippen LogP contribution in [0.3, 0.4) is 0 Å². The summed E-state index contributed by atoms with van der Waals surface area (Å²) in [6, 6.07) is 18.1. The van der Waals surface area contributed by atoms with Gasteiger partial charge in [0.2, 0.25) is 11.8 Å². The molecule has 3 aromatic carbocycles. The van der Waals surface area contributed by atoms with E-state index in [0.717, 1.165) is 28.4 Å². The van der Waals surface area contributed by atoms with Crippen LogP contribution >= 0.6 is 0 Å². The molecule has 188 valence electrons. The molecule has 0 unspecified atom stereocenters. The van der Waals surface area contributed by atoms with Gasteiger partial charge < -0.3 is 15.0 Å². The molecule has 1 N–H and O–H groups in total. The van der Waals surface area contributed by atoms with Crippen LogP contribution in [-0.4, -0.2) is 48.4 Å². The topological polar surface area (TPSA) is 79.0 Å². The Bertz CT molecular complexity index is 1280. The summed E-state index contributed by atoms with van der Waals surface area (Å²) in [4.78, 5) is 43.5. The average Bonchev–Trinajstić information content (AvgIpc) is 3.16. The molecule has 3 amide bonds. The highest BCUT2D eigenvalue weighted by molar-refractivity contribution is 6.26. The lowest BCUT2D eigenvalue weighted by molar-refractivity contribution is -0.140. The smallest absolute Gasteiger partial charge is 0.259 e. The molecule has 2 atom stereocenters. The second kappa shape index (κ2) is 10.8. The van der Waals surface area contributed by atoms with E-state index >= 15 is 0 Å². The largest absolute Gasteiger partial charge is 0.497 e. The first kappa shape index (κ1) is 25.2. The maximum absolute atomic E-state index is 13.9. The molecule has 0 fully saturated rings. The van der Waals surface area contributed by atoms with Gasteiger partial charge in [0.1, 0.15) is 18.3 Å². The van der Waals surface area contributed by atoms with Crippen molar-refractivity contribution in [1.82, 2.24) is 10.2 Å². The number of rotatable bonds is 10. The number of anilines is 1. The second-order valence-corrected chi connectivity index (χ2v) is 9.19. The zero-order chi connectivity index (χ0) is 25.8. The quantitative estimate of drug-likeness (QED) is 0.456. The molecule has 0 saturated heterocycles. The first-order valence-corrected chi connectivity index (χ1v) is 12.4. The zero-order valence-corrected chi connectivity index (χ0v) is 21.3. The fourth-order valence-electron chi connectivity index (χ4n) is 4.69. The maximum Gasteiger partial charge on any atom is 0.259 e. The Morgan fingerprint density at radius 2 is 1.75 bits per heavy atom. The third kappa shape index (κ3) is 4.91. The fraction of sp³-hybridized carbons (Fsp3) is 0.345. The fourth-order valence-corrected chi connectivity index (χ4v) is 4.69. The molecule has 7 nitrogen and oxygen atoms in total. The van der Waals surface area contributed by atoms with Gasteiger partial charge in [0.15, 0.2) is 0 Å². The molecule has 0 saturated carbocycles. The molecular formula is C29H33N3O4. The summed E-state index contributed by atoms with van der Waals surface area (Å²) in [5, 5.41) is 4.84. The molecule has 1 aliphatic heterocycles. The normalized spacial score (nSPS) is 14.0. The van der Waals surface area contributed by atoms with E-state index in [9.17, 15) is 14.4 Å². The van der Waals surface area contributed by atoms with Gasteiger partial charge in [-0.3, -0.25) is 19.3 Å². The van der Waals surface area contributed by atoms with Crippen LogP contribution in [0.25, 0.3) is 10.8 Å². The molecule has 36 heavy (non-hydrogen) atoms. The molecular weight excluding hydrogens is 454 g/mol. The molecule has 0 bridgehead atoms. The van der Waals surface area contributed by atoms with E-state index in [4.69, 9.17) is 4.74 Å². The number of ether oxygens (including phenoxy) is 1. The number of nitrogens with one attached hydrogen (secondary N) is 1. The Morgan fingerprint density at radius 3 is 2.44 bits per heavy atom. The van der Waals surface area contributed by atoms with E-state index in [2.05, 4.69) is 5.32 Å². The van der Waals surface area contributed by atoms with Crippen molar-refractivity contribution in [3.63, 3.8) is 0 Å². The summed E-state index contributed by atoms with van der Waals surface area (Å²) in [7, 11) is 1.59. The summed E-state index contributed by atoms with van der Waals surface area (Å²) in [6.45, 7) is 5.91. The molecule has 7 heteroatoms. The summed E-state index contributed by atoms with van der Waals surface area (Å²) < 4.78 is 5.35. The van der Waals surface area contributed by atoms with Crippen LogP contribution in [0.4, 0.5) is 5.69 Å². The van der Waals surface area contributed by atoms with Crippen molar-refractivity contribution < 1.29 is 19.1 Å². The van der Waals surface area contributed by atoms with E-state index in [0.29, 0.717) is 17.7 Å². The highest BCUT2D eigenvalue weighted by Gasteiger charge is 2.35. The monoisotopic (exact) mass is 487 g/mol. The van der Waals surface area contributed by atoms with Gasteiger partial charge in [-0.15, -0.1) is 0 Å². The van der Waals surface area contributed by atoms with Gasteiger partial charge in [0.05, 0.1) is 12.8 Å². The molecule has 4 rings (SSSR count). The van der Waals surface area contributed by atoms with Crippen LogP contribution in [0.2, 0.25) is 0 Å². The summed E-state index contributed by atoms with van der Waals surface area (Å²) >= 11 is 0. The Morgan fingerprint density at radius 1 is 1.03 bits per heavy atom. The Hall–Kier alpha value is -3.87. The molecule has 0 radical (unpaired) electrons. The van der Waals surface area contributed by atoms with Gasteiger partial charge in [0.25, 0.3) is 5.91 Å². The van der Waals surface area contributed by atoms with Gasteiger partial charge in [-0.1, -0.05) is 50.2 Å². The number of nitrogens with zero attached hydrogens (tertiary/aromatic N) is 2. The first-order chi connectivity index (χ1) is 17.4. The van der Waals surface area contributed by atoms with Crippen LogP contribution in [0.15, 0.2) is 60.7 Å². The van der Waals surface area contributed by atoms with Crippen molar-refractivity contribution in [1.29, 1.82) is 0 Å². The lowest BCUT2D eigenvalue weighted by atomic mass is 10.1. The average molecular weight is 488 g/mol. The number of hydrogen-bond donors (Lipinski definition) is 1.